The summed E-state index contributed by atoms with van der Waals surface area (Å²) in [6.45, 7) is 5.70. The Morgan fingerprint density at radius 1 is 1.24 bits per heavy atom. The minimum absolute atomic E-state index is 0.642. The summed E-state index contributed by atoms with van der Waals surface area (Å²) < 4.78 is 0. The van der Waals surface area contributed by atoms with Gasteiger partial charge in [0.1, 0.15) is 5.82 Å². The Bertz CT molecular complexity index is 534. The number of fused-ring (bicyclic) bond motifs is 1. The zero-order valence-corrected chi connectivity index (χ0v) is 10.7. The molecule has 1 aromatic heterocycles. The van der Waals surface area contributed by atoms with Crippen LogP contribution in [0, 0.1) is 13.8 Å². The first-order valence-electron chi connectivity index (χ1n) is 5.91. The maximum Gasteiger partial charge on any atom is 0.129 e. The van der Waals surface area contributed by atoms with Crippen LogP contribution in [-0.2, 0) is 0 Å². The molecule has 0 amide bonds. The molecule has 1 heterocycles. The van der Waals surface area contributed by atoms with Crippen molar-refractivity contribution in [2.45, 2.75) is 13.8 Å². The van der Waals surface area contributed by atoms with Crippen LogP contribution in [0.2, 0.25) is 0 Å². The largest absolute Gasteiger partial charge is 0.358 e. The molecule has 0 aliphatic heterocycles. The van der Waals surface area contributed by atoms with Gasteiger partial charge >= 0.3 is 0 Å². The average Bonchev–Trinajstić information content (AvgIpc) is 2.30. The van der Waals surface area contributed by atoms with E-state index in [1.54, 1.807) is 0 Å². The summed E-state index contributed by atoms with van der Waals surface area (Å²) in [6.07, 6.45) is 0. The zero-order chi connectivity index (χ0) is 12.4. The predicted octanol–water partition coefficient (Wildman–Crippen LogP) is 2.25. The van der Waals surface area contributed by atoms with Crippen LogP contribution < -0.4 is 10.6 Å². The van der Waals surface area contributed by atoms with E-state index in [1.807, 2.05) is 7.05 Å². The molecule has 2 rings (SSSR count). The summed E-state index contributed by atoms with van der Waals surface area (Å²) in [4.78, 5) is 6.76. The highest BCUT2D eigenvalue weighted by Gasteiger charge is 2.06. The van der Waals surface area contributed by atoms with Crippen molar-refractivity contribution in [3.05, 3.63) is 35.4 Å². The highest BCUT2D eigenvalue weighted by Crippen LogP contribution is 2.22. The fourth-order valence-electron chi connectivity index (χ4n) is 1.99. The van der Waals surface area contributed by atoms with Crippen molar-refractivity contribution in [3.8, 4) is 0 Å². The van der Waals surface area contributed by atoms with Gasteiger partial charge in [-0.2, -0.15) is 0 Å². The number of hydrogen-bond donors (Lipinski definition) is 1. The van der Waals surface area contributed by atoms with Gasteiger partial charge in [0, 0.05) is 25.5 Å². The lowest BCUT2D eigenvalue weighted by molar-refractivity contribution is 0.871. The van der Waals surface area contributed by atoms with Gasteiger partial charge in [-0.3, -0.25) is 0 Å². The first-order valence-corrected chi connectivity index (χ1v) is 5.91. The number of hydrogen-bond acceptors (Lipinski definition) is 3. The molecule has 0 radical (unpaired) electrons. The smallest absolute Gasteiger partial charge is 0.129 e. The molecule has 0 fully saturated rings. The predicted molar refractivity (Wildman–Crippen MR) is 73.5 cm³/mol. The topological polar surface area (TPSA) is 42.2 Å². The summed E-state index contributed by atoms with van der Waals surface area (Å²) in [7, 11) is 2.02. The highest BCUT2D eigenvalue weighted by atomic mass is 15.2. The van der Waals surface area contributed by atoms with Crippen molar-refractivity contribution in [1.82, 2.24) is 4.98 Å². The number of likely N-dealkylation sites (N-methyl/N-ethyl adjacent to an activating group) is 1. The van der Waals surface area contributed by atoms with E-state index < -0.39 is 0 Å². The quantitative estimate of drug-likeness (QED) is 0.877. The van der Waals surface area contributed by atoms with Crippen LogP contribution >= 0.6 is 0 Å². The molecule has 0 saturated carbocycles. The lowest BCUT2D eigenvalue weighted by Crippen LogP contribution is -2.25. The maximum atomic E-state index is 5.57. The summed E-state index contributed by atoms with van der Waals surface area (Å²) in [5.41, 5.74) is 9.15. The number of nitrogens with zero attached hydrogens (tertiary/aromatic N) is 2. The Hall–Kier alpha value is -1.61. The second-order valence-electron chi connectivity index (χ2n) is 4.53. The average molecular weight is 229 g/mol. The third-order valence-electron chi connectivity index (χ3n) is 3.01. The molecule has 2 aromatic rings. The molecule has 17 heavy (non-hydrogen) atoms. The van der Waals surface area contributed by atoms with E-state index in [9.17, 15) is 0 Å². The van der Waals surface area contributed by atoms with Gasteiger partial charge in [0.05, 0.1) is 5.52 Å². The molecular formula is C14H19N3. The van der Waals surface area contributed by atoms with Crippen LogP contribution in [-0.4, -0.2) is 25.1 Å². The number of aryl methyl sites for hydroxylation is 2. The molecule has 2 N–H and O–H groups in total. The first-order chi connectivity index (χ1) is 8.11. The van der Waals surface area contributed by atoms with Gasteiger partial charge in [0.25, 0.3) is 0 Å². The van der Waals surface area contributed by atoms with Gasteiger partial charge in [0.2, 0.25) is 0 Å². The van der Waals surface area contributed by atoms with E-state index in [4.69, 9.17) is 5.73 Å². The number of nitrogens with two attached hydrogens (primary N) is 1. The SMILES string of the molecule is Cc1ccc2nc(N(C)CCN)cc(C)c2c1. The minimum atomic E-state index is 0.642. The zero-order valence-electron chi connectivity index (χ0n) is 10.7. The van der Waals surface area contributed by atoms with Gasteiger partial charge < -0.3 is 10.6 Å². The molecule has 1 aromatic carbocycles. The Morgan fingerprint density at radius 3 is 2.71 bits per heavy atom. The minimum Gasteiger partial charge on any atom is -0.358 e. The van der Waals surface area contributed by atoms with Crippen molar-refractivity contribution in [1.29, 1.82) is 0 Å². The van der Waals surface area contributed by atoms with Gasteiger partial charge in [0.15, 0.2) is 0 Å². The molecule has 90 valence electrons. The molecule has 3 heteroatoms. The summed E-state index contributed by atoms with van der Waals surface area (Å²) in [5, 5.41) is 1.23. The van der Waals surface area contributed by atoms with Gasteiger partial charge in [-0.15, -0.1) is 0 Å². The molecule has 0 aliphatic rings. The molecule has 0 saturated heterocycles. The molecule has 0 atom stereocenters. The van der Waals surface area contributed by atoms with Crippen molar-refractivity contribution in [2.75, 3.05) is 25.0 Å². The second kappa shape index (κ2) is 4.72. The van der Waals surface area contributed by atoms with E-state index in [-0.39, 0.29) is 0 Å². The number of benzene rings is 1. The number of anilines is 1. The third-order valence-corrected chi connectivity index (χ3v) is 3.01. The Labute approximate surface area is 102 Å². The normalized spacial score (nSPS) is 10.8. The Kier molecular flexibility index (Phi) is 3.29. The van der Waals surface area contributed by atoms with Crippen molar-refractivity contribution in [3.63, 3.8) is 0 Å². The summed E-state index contributed by atoms with van der Waals surface area (Å²) in [6, 6.07) is 8.49. The van der Waals surface area contributed by atoms with E-state index in [1.165, 1.54) is 16.5 Å². The Balaban J connectivity index is 2.52. The van der Waals surface area contributed by atoms with Gasteiger partial charge in [-0.25, -0.2) is 4.98 Å². The van der Waals surface area contributed by atoms with E-state index in [0.717, 1.165) is 17.9 Å². The van der Waals surface area contributed by atoms with Crippen LogP contribution in [0.1, 0.15) is 11.1 Å². The molecular weight excluding hydrogens is 210 g/mol. The molecule has 0 spiro atoms. The van der Waals surface area contributed by atoms with Gasteiger partial charge in [-0.05, 0) is 37.6 Å². The fourth-order valence-corrected chi connectivity index (χ4v) is 1.99. The highest BCUT2D eigenvalue weighted by molar-refractivity contribution is 5.84. The molecule has 0 unspecified atom stereocenters. The number of pyridine rings is 1. The summed E-state index contributed by atoms with van der Waals surface area (Å²) >= 11 is 0. The lowest BCUT2D eigenvalue weighted by Gasteiger charge is -2.18. The summed E-state index contributed by atoms with van der Waals surface area (Å²) in [5.74, 6) is 0.990. The maximum absolute atomic E-state index is 5.57. The Morgan fingerprint density at radius 2 is 2.00 bits per heavy atom. The first kappa shape index (κ1) is 11.9. The monoisotopic (exact) mass is 229 g/mol. The van der Waals surface area contributed by atoms with Crippen LogP contribution in [0.25, 0.3) is 10.9 Å². The number of aromatic nitrogens is 1. The van der Waals surface area contributed by atoms with Crippen molar-refractivity contribution >= 4 is 16.7 Å². The van der Waals surface area contributed by atoms with Gasteiger partial charge in [-0.1, -0.05) is 11.6 Å². The lowest BCUT2D eigenvalue weighted by atomic mass is 10.1. The molecule has 3 nitrogen and oxygen atoms in total. The van der Waals surface area contributed by atoms with Crippen LogP contribution in [0.15, 0.2) is 24.3 Å². The van der Waals surface area contributed by atoms with E-state index in [0.29, 0.717) is 6.54 Å². The van der Waals surface area contributed by atoms with E-state index >= 15 is 0 Å². The van der Waals surface area contributed by atoms with Crippen LogP contribution in [0.4, 0.5) is 5.82 Å². The fraction of sp³-hybridized carbons (Fsp3) is 0.357. The molecule has 0 bridgehead atoms. The second-order valence-corrected chi connectivity index (χ2v) is 4.53. The van der Waals surface area contributed by atoms with Crippen LogP contribution in [0.3, 0.4) is 0 Å². The number of rotatable bonds is 3. The standard InChI is InChI=1S/C14H19N3/c1-10-4-5-13-12(8-10)11(2)9-14(16-13)17(3)7-6-15/h4-5,8-9H,6-7,15H2,1-3H3. The third kappa shape index (κ3) is 2.39. The van der Waals surface area contributed by atoms with Crippen molar-refractivity contribution < 1.29 is 0 Å². The van der Waals surface area contributed by atoms with Crippen LogP contribution in [0.5, 0.6) is 0 Å². The van der Waals surface area contributed by atoms with E-state index in [2.05, 4.69) is 48.0 Å². The van der Waals surface area contributed by atoms with Crippen molar-refractivity contribution in [2.24, 2.45) is 5.73 Å². The molecule has 0 aliphatic carbocycles.